The molecule has 0 amide bonds. The van der Waals surface area contributed by atoms with E-state index in [1.165, 1.54) is 12.1 Å². The molecule has 7 nitrogen and oxygen atoms in total. The highest BCUT2D eigenvalue weighted by molar-refractivity contribution is 6.09. The second-order valence-corrected chi connectivity index (χ2v) is 6.14. The zero-order valence-corrected chi connectivity index (χ0v) is 15.1. The molecule has 0 saturated heterocycles. The molecule has 0 fully saturated rings. The van der Waals surface area contributed by atoms with E-state index in [0.29, 0.717) is 28.3 Å². The van der Waals surface area contributed by atoms with Crippen molar-refractivity contribution in [2.45, 2.75) is 0 Å². The number of nitrogens with zero attached hydrogens (tertiary/aromatic N) is 3. The Bertz CT molecular complexity index is 1210. The third-order valence-corrected chi connectivity index (χ3v) is 4.31. The zero-order chi connectivity index (χ0) is 20.2. The second kappa shape index (κ2) is 7.77. The number of benzene rings is 2. The van der Waals surface area contributed by atoms with E-state index in [1.807, 2.05) is 12.1 Å². The molecule has 0 radical (unpaired) electrons. The molecule has 7 heteroatoms. The van der Waals surface area contributed by atoms with Crippen molar-refractivity contribution in [2.24, 2.45) is 0 Å². The molecule has 0 atom stereocenters. The number of hydrogen-bond donors (Lipinski definition) is 0. The number of nitro benzene ring substituents is 1. The molecule has 4 aromatic rings. The van der Waals surface area contributed by atoms with Gasteiger partial charge in [0.15, 0.2) is 5.78 Å². The minimum atomic E-state index is -0.455. The molecule has 2 heterocycles. The average molecular weight is 385 g/mol. The van der Waals surface area contributed by atoms with Gasteiger partial charge in [-0.2, -0.15) is 5.10 Å². The second-order valence-electron chi connectivity index (χ2n) is 6.14. The molecular weight excluding hydrogens is 370 g/mol. The van der Waals surface area contributed by atoms with Gasteiger partial charge in [0.25, 0.3) is 5.69 Å². The van der Waals surface area contributed by atoms with Crippen LogP contribution in [0.15, 0.2) is 89.6 Å². The zero-order valence-electron chi connectivity index (χ0n) is 15.1. The lowest BCUT2D eigenvalue weighted by Gasteiger charge is -2.06. The van der Waals surface area contributed by atoms with Gasteiger partial charge in [0.2, 0.25) is 0 Å². The van der Waals surface area contributed by atoms with Crippen molar-refractivity contribution in [1.82, 2.24) is 9.78 Å². The first-order valence-corrected chi connectivity index (χ1v) is 8.78. The standard InChI is InChI=1S/C22H15N3O4/c26-21(17-6-1-3-8-19(17)24-15-5-14-23-24)12-10-16-11-13-22(29-16)18-7-2-4-9-20(18)25(27)28/h1-15H/b12-10+. The normalized spacial score (nSPS) is 11.0. The summed E-state index contributed by atoms with van der Waals surface area (Å²) < 4.78 is 7.31. The smallest absolute Gasteiger partial charge is 0.280 e. The number of carbonyl (C=O) groups is 1. The Labute approximate surface area is 165 Å². The Morgan fingerprint density at radius 1 is 1.03 bits per heavy atom. The maximum atomic E-state index is 12.7. The van der Waals surface area contributed by atoms with Crippen LogP contribution in [-0.2, 0) is 0 Å². The van der Waals surface area contributed by atoms with E-state index >= 15 is 0 Å². The van der Waals surface area contributed by atoms with Crippen molar-refractivity contribution >= 4 is 17.5 Å². The number of hydrogen-bond acceptors (Lipinski definition) is 5. The number of nitro groups is 1. The summed E-state index contributed by atoms with van der Waals surface area (Å²) in [6.45, 7) is 0. The number of rotatable bonds is 6. The van der Waals surface area contributed by atoms with Crippen LogP contribution in [0.1, 0.15) is 16.1 Å². The topological polar surface area (TPSA) is 91.2 Å². The van der Waals surface area contributed by atoms with Gasteiger partial charge in [-0.25, -0.2) is 4.68 Å². The van der Waals surface area contributed by atoms with E-state index in [9.17, 15) is 14.9 Å². The van der Waals surface area contributed by atoms with E-state index in [0.717, 1.165) is 0 Å². The van der Waals surface area contributed by atoms with Crippen molar-refractivity contribution in [3.8, 4) is 17.0 Å². The number of allylic oxidation sites excluding steroid dienone is 1. The molecule has 0 aliphatic heterocycles. The first-order chi connectivity index (χ1) is 14.1. The predicted molar refractivity (Wildman–Crippen MR) is 108 cm³/mol. The minimum absolute atomic E-state index is 0.0402. The van der Waals surface area contributed by atoms with Gasteiger partial charge in [-0.05, 0) is 48.6 Å². The van der Waals surface area contributed by atoms with E-state index in [-0.39, 0.29) is 11.5 Å². The van der Waals surface area contributed by atoms with Gasteiger partial charge in [-0.3, -0.25) is 14.9 Å². The summed E-state index contributed by atoms with van der Waals surface area (Å²) in [5.74, 6) is 0.573. The molecule has 142 valence electrons. The summed E-state index contributed by atoms with van der Waals surface area (Å²) in [4.78, 5) is 23.4. The van der Waals surface area contributed by atoms with Crippen LogP contribution in [0.25, 0.3) is 23.1 Å². The molecule has 0 aliphatic carbocycles. The highest BCUT2D eigenvalue weighted by Gasteiger charge is 2.17. The summed E-state index contributed by atoms with van der Waals surface area (Å²) in [6.07, 6.45) is 6.36. The number of para-hydroxylation sites is 2. The van der Waals surface area contributed by atoms with Crippen molar-refractivity contribution < 1.29 is 14.1 Å². The maximum absolute atomic E-state index is 12.7. The predicted octanol–water partition coefficient (Wildman–Crippen LogP) is 4.94. The Morgan fingerprint density at radius 2 is 1.83 bits per heavy atom. The summed E-state index contributed by atoms with van der Waals surface area (Å²) in [7, 11) is 0. The number of ketones is 1. The van der Waals surface area contributed by atoms with Crippen molar-refractivity contribution in [2.75, 3.05) is 0 Å². The molecule has 29 heavy (non-hydrogen) atoms. The minimum Gasteiger partial charge on any atom is -0.456 e. The first kappa shape index (κ1) is 18.1. The van der Waals surface area contributed by atoms with Gasteiger partial charge in [0, 0.05) is 24.0 Å². The molecule has 0 bridgehead atoms. The molecule has 2 aromatic carbocycles. The van der Waals surface area contributed by atoms with Crippen LogP contribution in [0, 0.1) is 10.1 Å². The third kappa shape index (κ3) is 3.74. The summed E-state index contributed by atoms with van der Waals surface area (Å²) in [5, 5.41) is 15.4. The van der Waals surface area contributed by atoms with E-state index in [2.05, 4.69) is 5.10 Å². The average Bonchev–Trinajstić information content (AvgIpc) is 3.44. The molecule has 0 saturated carbocycles. The van der Waals surface area contributed by atoms with Crippen LogP contribution in [-0.4, -0.2) is 20.5 Å². The van der Waals surface area contributed by atoms with Gasteiger partial charge >= 0.3 is 0 Å². The van der Waals surface area contributed by atoms with E-state index in [4.69, 9.17) is 4.42 Å². The largest absolute Gasteiger partial charge is 0.456 e. The highest BCUT2D eigenvalue weighted by Crippen LogP contribution is 2.31. The Hall–Kier alpha value is -4.26. The fourth-order valence-corrected chi connectivity index (χ4v) is 2.97. The van der Waals surface area contributed by atoms with Crippen molar-refractivity contribution in [3.63, 3.8) is 0 Å². The van der Waals surface area contributed by atoms with Crippen LogP contribution >= 0.6 is 0 Å². The van der Waals surface area contributed by atoms with E-state index in [1.54, 1.807) is 71.7 Å². The first-order valence-electron chi connectivity index (χ1n) is 8.78. The fraction of sp³-hybridized carbons (Fsp3) is 0. The molecule has 4 rings (SSSR count). The lowest BCUT2D eigenvalue weighted by Crippen LogP contribution is -2.04. The third-order valence-electron chi connectivity index (χ3n) is 4.31. The van der Waals surface area contributed by atoms with Crippen LogP contribution < -0.4 is 0 Å². The van der Waals surface area contributed by atoms with Crippen LogP contribution in [0.4, 0.5) is 5.69 Å². The van der Waals surface area contributed by atoms with Crippen LogP contribution in [0.5, 0.6) is 0 Å². The molecular formula is C22H15N3O4. The summed E-state index contributed by atoms with van der Waals surface area (Å²) in [6, 6.07) is 18.6. The van der Waals surface area contributed by atoms with Crippen LogP contribution in [0.2, 0.25) is 0 Å². The summed E-state index contributed by atoms with van der Waals surface area (Å²) in [5.41, 5.74) is 1.51. The maximum Gasteiger partial charge on any atom is 0.280 e. The number of furan rings is 1. The Balaban J connectivity index is 1.59. The lowest BCUT2D eigenvalue weighted by molar-refractivity contribution is -0.384. The van der Waals surface area contributed by atoms with E-state index < -0.39 is 4.92 Å². The number of aromatic nitrogens is 2. The van der Waals surface area contributed by atoms with Crippen LogP contribution in [0.3, 0.4) is 0 Å². The lowest BCUT2D eigenvalue weighted by atomic mass is 10.1. The number of carbonyl (C=O) groups excluding carboxylic acids is 1. The Kier molecular flexibility index (Phi) is 4.86. The molecule has 0 unspecified atom stereocenters. The molecule has 0 N–H and O–H groups in total. The summed E-state index contributed by atoms with van der Waals surface area (Å²) >= 11 is 0. The van der Waals surface area contributed by atoms with Gasteiger partial charge in [-0.1, -0.05) is 24.3 Å². The van der Waals surface area contributed by atoms with Gasteiger partial charge in [0.1, 0.15) is 11.5 Å². The quantitative estimate of drug-likeness (QED) is 0.203. The fourth-order valence-electron chi connectivity index (χ4n) is 2.97. The van der Waals surface area contributed by atoms with Crippen molar-refractivity contribution in [3.05, 3.63) is 107 Å². The van der Waals surface area contributed by atoms with Crippen molar-refractivity contribution in [1.29, 1.82) is 0 Å². The van der Waals surface area contributed by atoms with Gasteiger partial charge < -0.3 is 4.42 Å². The van der Waals surface area contributed by atoms with Gasteiger partial charge in [-0.15, -0.1) is 0 Å². The molecule has 2 aromatic heterocycles. The SMILES string of the molecule is O=C(/C=C/c1ccc(-c2ccccc2[N+](=O)[O-])o1)c1ccccc1-n1cccn1. The van der Waals surface area contributed by atoms with Gasteiger partial charge in [0.05, 0.1) is 16.2 Å². The highest BCUT2D eigenvalue weighted by atomic mass is 16.6. The molecule has 0 spiro atoms. The Morgan fingerprint density at radius 3 is 2.62 bits per heavy atom. The monoisotopic (exact) mass is 385 g/mol. The molecule has 0 aliphatic rings.